The van der Waals surface area contributed by atoms with E-state index in [1.807, 2.05) is 40.6 Å². The lowest BCUT2D eigenvalue weighted by Crippen LogP contribution is -2.38. The van der Waals surface area contributed by atoms with Crippen molar-refractivity contribution in [3.63, 3.8) is 0 Å². The Bertz CT molecular complexity index is 820. The third kappa shape index (κ3) is 3.81. The van der Waals surface area contributed by atoms with Gasteiger partial charge in [-0.25, -0.2) is 4.68 Å². The number of piperidine rings is 1. The zero-order valence-electron chi connectivity index (χ0n) is 15.3. The molecule has 7 nitrogen and oxygen atoms in total. The summed E-state index contributed by atoms with van der Waals surface area (Å²) in [5.41, 5.74) is 0.988. The second-order valence-electron chi connectivity index (χ2n) is 6.45. The van der Waals surface area contributed by atoms with Crippen LogP contribution in [0.2, 0.25) is 0 Å². The van der Waals surface area contributed by atoms with E-state index >= 15 is 0 Å². The molecule has 0 saturated carbocycles. The second kappa shape index (κ2) is 8.01. The Kier molecular flexibility index (Phi) is 5.73. The highest BCUT2D eigenvalue weighted by molar-refractivity contribution is 7.71. The summed E-state index contributed by atoms with van der Waals surface area (Å²) in [6, 6.07) is 7.77. The summed E-state index contributed by atoms with van der Waals surface area (Å²) in [5.74, 6) is 1.52. The van der Waals surface area contributed by atoms with E-state index in [1.165, 1.54) is 7.11 Å². The summed E-state index contributed by atoms with van der Waals surface area (Å²) in [4.78, 5) is 13.9. The smallest absolute Gasteiger partial charge is 0.308 e. The van der Waals surface area contributed by atoms with Crippen molar-refractivity contribution in [2.45, 2.75) is 19.5 Å². The van der Waals surface area contributed by atoms with Gasteiger partial charge in [-0.2, -0.15) is 5.10 Å². The van der Waals surface area contributed by atoms with E-state index in [0.717, 1.165) is 43.1 Å². The first-order valence-corrected chi connectivity index (χ1v) is 9.02. The summed E-state index contributed by atoms with van der Waals surface area (Å²) in [6.07, 6.45) is 1.61. The highest BCUT2D eigenvalue weighted by Gasteiger charge is 2.26. The average molecular weight is 376 g/mol. The molecule has 1 aromatic heterocycles. The fraction of sp³-hybridized carbons (Fsp3) is 0.500. The van der Waals surface area contributed by atoms with Gasteiger partial charge in [0.25, 0.3) is 0 Å². The van der Waals surface area contributed by atoms with Crippen LogP contribution in [-0.2, 0) is 23.2 Å². The summed E-state index contributed by atoms with van der Waals surface area (Å²) in [5, 5.41) is 4.70. The van der Waals surface area contributed by atoms with Crippen LogP contribution in [0.3, 0.4) is 0 Å². The molecule has 1 aliphatic rings. The number of carbonyl (C=O) groups is 1. The van der Waals surface area contributed by atoms with E-state index in [9.17, 15) is 4.79 Å². The van der Waals surface area contributed by atoms with Crippen molar-refractivity contribution in [3.05, 3.63) is 29.0 Å². The minimum atomic E-state index is -0.110. The predicted octanol–water partition coefficient (Wildman–Crippen LogP) is 2.47. The molecule has 2 aromatic rings. The quantitative estimate of drug-likeness (QED) is 0.590. The lowest BCUT2D eigenvalue weighted by atomic mass is 9.97. The Morgan fingerprint density at radius 1 is 1.23 bits per heavy atom. The zero-order chi connectivity index (χ0) is 18.7. The van der Waals surface area contributed by atoms with E-state index < -0.39 is 0 Å². The van der Waals surface area contributed by atoms with Gasteiger partial charge >= 0.3 is 5.97 Å². The number of nitrogens with zero attached hydrogens (tertiary/aromatic N) is 4. The van der Waals surface area contributed by atoms with E-state index in [-0.39, 0.29) is 11.9 Å². The number of rotatable bonds is 5. The number of carbonyl (C=O) groups excluding carboxylic acids is 1. The fourth-order valence-electron chi connectivity index (χ4n) is 3.24. The number of esters is 1. The first-order chi connectivity index (χ1) is 12.5. The second-order valence-corrected chi connectivity index (χ2v) is 6.82. The molecular formula is C18H24N4O3S. The Labute approximate surface area is 158 Å². The molecule has 1 saturated heterocycles. The van der Waals surface area contributed by atoms with Gasteiger partial charge < -0.3 is 14.0 Å². The van der Waals surface area contributed by atoms with Crippen LogP contribution in [0, 0.1) is 10.7 Å². The molecule has 0 aliphatic carbocycles. The largest absolute Gasteiger partial charge is 0.497 e. The first-order valence-electron chi connectivity index (χ1n) is 8.62. The summed E-state index contributed by atoms with van der Waals surface area (Å²) in [6.45, 7) is 2.28. The number of methoxy groups -OCH3 is 2. The predicted molar refractivity (Wildman–Crippen MR) is 100 cm³/mol. The maximum Gasteiger partial charge on any atom is 0.308 e. The first kappa shape index (κ1) is 18.6. The Hall–Kier alpha value is -2.19. The van der Waals surface area contributed by atoms with Crippen molar-refractivity contribution < 1.29 is 14.3 Å². The lowest BCUT2D eigenvalue weighted by molar-refractivity contribution is -0.147. The standard InChI is InChI=1S/C18H24N4O3S/c1-20-16(13-4-6-15(24-2)7-5-13)19-22(18(20)26)12-21-10-8-14(9-11-21)17(23)25-3/h4-7,14H,8-12H2,1-3H3. The van der Waals surface area contributed by atoms with Crippen LogP contribution in [0.5, 0.6) is 5.75 Å². The lowest BCUT2D eigenvalue weighted by Gasteiger charge is -2.30. The third-order valence-corrected chi connectivity index (χ3v) is 5.33. The van der Waals surface area contributed by atoms with E-state index in [4.69, 9.17) is 26.8 Å². The van der Waals surface area contributed by atoms with Crippen LogP contribution >= 0.6 is 12.2 Å². The molecular weight excluding hydrogens is 352 g/mol. The number of hydrogen-bond donors (Lipinski definition) is 0. The fourth-order valence-corrected chi connectivity index (χ4v) is 3.42. The van der Waals surface area contributed by atoms with Crippen LogP contribution < -0.4 is 4.74 Å². The van der Waals surface area contributed by atoms with Gasteiger partial charge in [-0.3, -0.25) is 9.69 Å². The van der Waals surface area contributed by atoms with Gasteiger partial charge in [0.1, 0.15) is 5.75 Å². The molecule has 26 heavy (non-hydrogen) atoms. The number of aromatic nitrogens is 3. The van der Waals surface area contributed by atoms with Crippen molar-refractivity contribution in [2.75, 3.05) is 27.3 Å². The van der Waals surface area contributed by atoms with Gasteiger partial charge in [-0.15, -0.1) is 0 Å². The summed E-state index contributed by atoms with van der Waals surface area (Å²) < 4.78 is 14.5. The topological polar surface area (TPSA) is 61.5 Å². The van der Waals surface area contributed by atoms with E-state index in [1.54, 1.807) is 7.11 Å². The highest BCUT2D eigenvalue weighted by atomic mass is 32.1. The highest BCUT2D eigenvalue weighted by Crippen LogP contribution is 2.22. The molecule has 1 fully saturated rings. The zero-order valence-corrected chi connectivity index (χ0v) is 16.2. The Morgan fingerprint density at radius 2 is 1.88 bits per heavy atom. The van der Waals surface area contributed by atoms with Crippen molar-refractivity contribution in [1.29, 1.82) is 0 Å². The molecule has 0 spiro atoms. The number of hydrogen-bond acceptors (Lipinski definition) is 6. The summed E-state index contributed by atoms with van der Waals surface area (Å²) in [7, 11) is 5.02. The Morgan fingerprint density at radius 3 is 2.46 bits per heavy atom. The number of likely N-dealkylation sites (tertiary alicyclic amines) is 1. The van der Waals surface area contributed by atoms with E-state index in [0.29, 0.717) is 11.4 Å². The molecule has 140 valence electrons. The van der Waals surface area contributed by atoms with Gasteiger partial charge in [0, 0.05) is 25.7 Å². The molecule has 0 N–H and O–H groups in total. The summed E-state index contributed by atoms with van der Waals surface area (Å²) >= 11 is 5.55. The van der Waals surface area contributed by atoms with Crippen LogP contribution in [0.1, 0.15) is 12.8 Å². The van der Waals surface area contributed by atoms with Crippen molar-refractivity contribution >= 4 is 18.2 Å². The maximum absolute atomic E-state index is 11.6. The average Bonchev–Trinajstić information content (AvgIpc) is 2.96. The molecule has 3 rings (SSSR count). The number of ether oxygens (including phenoxy) is 2. The molecule has 0 bridgehead atoms. The molecule has 0 atom stereocenters. The molecule has 0 unspecified atom stereocenters. The molecule has 0 radical (unpaired) electrons. The van der Waals surface area contributed by atoms with Gasteiger partial charge in [0.15, 0.2) is 10.6 Å². The van der Waals surface area contributed by atoms with Crippen LogP contribution in [0.25, 0.3) is 11.4 Å². The normalized spacial score (nSPS) is 15.8. The van der Waals surface area contributed by atoms with Crippen LogP contribution in [0.4, 0.5) is 0 Å². The maximum atomic E-state index is 11.6. The van der Waals surface area contributed by atoms with Crippen LogP contribution in [0.15, 0.2) is 24.3 Å². The third-order valence-electron chi connectivity index (χ3n) is 4.85. The van der Waals surface area contributed by atoms with Crippen molar-refractivity contribution in [1.82, 2.24) is 19.2 Å². The molecule has 0 amide bonds. The Balaban J connectivity index is 1.72. The van der Waals surface area contributed by atoms with Crippen LogP contribution in [-0.4, -0.2) is 52.5 Å². The number of benzene rings is 1. The van der Waals surface area contributed by atoms with Gasteiger partial charge in [-0.05, 0) is 49.3 Å². The monoisotopic (exact) mass is 376 g/mol. The minimum Gasteiger partial charge on any atom is -0.497 e. The molecule has 8 heteroatoms. The van der Waals surface area contributed by atoms with E-state index in [2.05, 4.69) is 4.90 Å². The van der Waals surface area contributed by atoms with Crippen molar-refractivity contribution in [3.8, 4) is 17.1 Å². The molecule has 1 aromatic carbocycles. The minimum absolute atomic E-state index is 0.00261. The molecule has 2 heterocycles. The van der Waals surface area contributed by atoms with Gasteiger partial charge in [0.05, 0.1) is 26.8 Å². The SMILES string of the molecule is COC(=O)C1CCN(Cn2nc(-c3ccc(OC)cc3)n(C)c2=S)CC1. The molecule has 1 aliphatic heterocycles. The van der Waals surface area contributed by atoms with Crippen molar-refractivity contribution in [2.24, 2.45) is 13.0 Å². The van der Waals surface area contributed by atoms with Gasteiger partial charge in [0.2, 0.25) is 0 Å². The van der Waals surface area contributed by atoms with Gasteiger partial charge in [-0.1, -0.05) is 0 Å².